The Labute approximate surface area is 117 Å². The molecule has 1 fully saturated rings. The van der Waals surface area contributed by atoms with Crippen LogP contribution in [0.3, 0.4) is 0 Å². The molecule has 5 heteroatoms. The van der Waals surface area contributed by atoms with Gasteiger partial charge < -0.3 is 15.2 Å². The Morgan fingerprint density at radius 1 is 1.42 bits per heavy atom. The zero-order valence-corrected chi connectivity index (χ0v) is 11.5. The number of halogens is 2. The van der Waals surface area contributed by atoms with E-state index in [0.717, 1.165) is 12.8 Å². The molecule has 3 nitrogen and oxygen atoms in total. The second-order valence-electron chi connectivity index (χ2n) is 4.85. The van der Waals surface area contributed by atoms with Gasteiger partial charge in [0, 0.05) is 12.6 Å². The largest absolute Gasteiger partial charge is 0.488 e. The minimum absolute atomic E-state index is 0.140. The summed E-state index contributed by atoms with van der Waals surface area (Å²) in [6.07, 6.45) is 4.00. The first-order chi connectivity index (χ1) is 9.19. The van der Waals surface area contributed by atoms with Crippen LogP contribution in [0.1, 0.15) is 25.7 Å². The summed E-state index contributed by atoms with van der Waals surface area (Å²) in [6.45, 7) is 0.272. The molecule has 106 valence electrons. The second-order valence-corrected chi connectivity index (χ2v) is 5.16. The quantitative estimate of drug-likeness (QED) is 0.790. The smallest absolute Gasteiger partial charge is 0.143 e. The first-order valence-corrected chi connectivity index (χ1v) is 7.16. The summed E-state index contributed by atoms with van der Waals surface area (Å²) >= 11 is 5.53. The van der Waals surface area contributed by atoms with Crippen LogP contribution in [-0.4, -0.2) is 29.7 Å². The van der Waals surface area contributed by atoms with Gasteiger partial charge in [0.25, 0.3) is 0 Å². The van der Waals surface area contributed by atoms with Gasteiger partial charge >= 0.3 is 0 Å². The van der Waals surface area contributed by atoms with Gasteiger partial charge in [0.2, 0.25) is 0 Å². The van der Waals surface area contributed by atoms with Crippen LogP contribution >= 0.6 is 11.6 Å². The van der Waals surface area contributed by atoms with Crippen LogP contribution in [0.25, 0.3) is 0 Å². The van der Waals surface area contributed by atoms with Crippen molar-refractivity contribution in [2.45, 2.75) is 37.9 Å². The molecule has 19 heavy (non-hydrogen) atoms. The minimum atomic E-state index is -0.663. The van der Waals surface area contributed by atoms with E-state index in [2.05, 4.69) is 5.32 Å². The maximum atomic E-state index is 13.3. The second kappa shape index (κ2) is 6.96. The summed E-state index contributed by atoms with van der Waals surface area (Å²) in [6, 6.07) is 4.39. The maximum Gasteiger partial charge on any atom is 0.143 e. The molecule has 0 spiro atoms. The molecule has 1 unspecified atom stereocenters. The molecule has 0 heterocycles. The van der Waals surface area contributed by atoms with E-state index in [1.54, 1.807) is 6.07 Å². The molecule has 0 saturated heterocycles. The van der Waals surface area contributed by atoms with Crippen molar-refractivity contribution in [3.63, 3.8) is 0 Å². The molecular weight excluding hydrogens is 269 g/mol. The van der Waals surface area contributed by atoms with Crippen molar-refractivity contribution in [2.75, 3.05) is 17.7 Å². The number of aliphatic hydroxyl groups excluding tert-OH is 1. The van der Waals surface area contributed by atoms with Crippen molar-refractivity contribution in [1.82, 2.24) is 0 Å². The number of hydrogen-bond acceptors (Lipinski definition) is 3. The lowest BCUT2D eigenvalue weighted by Crippen LogP contribution is -2.21. The third-order valence-electron chi connectivity index (χ3n) is 3.24. The topological polar surface area (TPSA) is 41.5 Å². The lowest BCUT2D eigenvalue weighted by molar-refractivity contribution is 0.206. The van der Waals surface area contributed by atoms with E-state index in [4.69, 9.17) is 16.3 Å². The van der Waals surface area contributed by atoms with Crippen LogP contribution in [-0.2, 0) is 0 Å². The van der Waals surface area contributed by atoms with Crippen molar-refractivity contribution in [2.24, 2.45) is 0 Å². The third-order valence-corrected chi connectivity index (χ3v) is 3.60. The Morgan fingerprint density at radius 3 is 2.84 bits per heavy atom. The molecule has 1 atom stereocenters. The first kappa shape index (κ1) is 14.4. The monoisotopic (exact) mass is 287 g/mol. The number of rotatable bonds is 6. The van der Waals surface area contributed by atoms with E-state index in [9.17, 15) is 9.50 Å². The highest BCUT2D eigenvalue weighted by atomic mass is 35.5. The van der Waals surface area contributed by atoms with Gasteiger partial charge in [-0.15, -0.1) is 11.6 Å². The predicted octanol–water partition coefficient (Wildman–Crippen LogP) is 3.16. The van der Waals surface area contributed by atoms with E-state index in [-0.39, 0.29) is 24.3 Å². The van der Waals surface area contributed by atoms with E-state index >= 15 is 0 Å². The van der Waals surface area contributed by atoms with Gasteiger partial charge in [0.15, 0.2) is 0 Å². The average molecular weight is 288 g/mol. The van der Waals surface area contributed by atoms with Gasteiger partial charge in [0.05, 0.1) is 23.8 Å². The zero-order chi connectivity index (χ0) is 13.7. The highest BCUT2D eigenvalue weighted by molar-refractivity contribution is 6.18. The first-order valence-electron chi connectivity index (χ1n) is 6.63. The number of benzene rings is 1. The van der Waals surface area contributed by atoms with Crippen molar-refractivity contribution in [3.05, 3.63) is 24.0 Å². The van der Waals surface area contributed by atoms with Gasteiger partial charge in [0.1, 0.15) is 11.6 Å². The predicted molar refractivity (Wildman–Crippen MR) is 74.5 cm³/mol. The molecule has 0 amide bonds. The molecular formula is C14H19ClFNO2. The molecule has 0 bridgehead atoms. The molecule has 0 aromatic heterocycles. The lowest BCUT2D eigenvalue weighted by Gasteiger charge is -2.18. The third kappa shape index (κ3) is 4.25. The molecule has 2 rings (SSSR count). The Bertz CT molecular complexity index is 410. The number of aliphatic hydroxyl groups is 1. The summed E-state index contributed by atoms with van der Waals surface area (Å²) in [4.78, 5) is 0. The Morgan fingerprint density at radius 2 is 2.16 bits per heavy atom. The number of anilines is 1. The van der Waals surface area contributed by atoms with Crippen LogP contribution < -0.4 is 10.1 Å². The molecule has 1 aromatic rings. The normalized spacial score (nSPS) is 17.4. The summed E-state index contributed by atoms with van der Waals surface area (Å²) in [7, 11) is 0. The van der Waals surface area contributed by atoms with Gasteiger partial charge in [-0.05, 0) is 37.8 Å². The average Bonchev–Trinajstić information content (AvgIpc) is 2.91. The molecule has 0 radical (unpaired) electrons. The Kier molecular flexibility index (Phi) is 5.28. The summed E-state index contributed by atoms with van der Waals surface area (Å²) < 4.78 is 19.2. The van der Waals surface area contributed by atoms with E-state index in [1.165, 1.54) is 25.0 Å². The molecule has 1 aliphatic rings. The van der Waals surface area contributed by atoms with Crippen LogP contribution in [0.15, 0.2) is 18.2 Å². The Balaban J connectivity index is 2.03. The maximum absolute atomic E-state index is 13.3. The summed E-state index contributed by atoms with van der Waals surface area (Å²) in [5.41, 5.74) is 0.566. The van der Waals surface area contributed by atoms with E-state index in [0.29, 0.717) is 11.4 Å². The zero-order valence-electron chi connectivity index (χ0n) is 10.7. The fourth-order valence-electron chi connectivity index (χ4n) is 2.21. The van der Waals surface area contributed by atoms with Crippen LogP contribution in [0.4, 0.5) is 10.1 Å². The minimum Gasteiger partial charge on any atom is -0.488 e. The molecule has 1 saturated carbocycles. The van der Waals surface area contributed by atoms with Gasteiger partial charge in [-0.3, -0.25) is 0 Å². The fraction of sp³-hybridized carbons (Fsp3) is 0.571. The Hall–Kier alpha value is -1.00. The SMILES string of the molecule is OC(CCl)CNc1cc(F)ccc1OC1CCCC1. The number of ether oxygens (including phenoxy) is 1. The lowest BCUT2D eigenvalue weighted by atomic mass is 10.2. The molecule has 1 aromatic carbocycles. The van der Waals surface area contributed by atoms with Crippen molar-refractivity contribution < 1.29 is 14.2 Å². The standard InChI is InChI=1S/C14H19ClFNO2/c15-8-11(18)9-17-13-7-10(16)5-6-14(13)19-12-3-1-2-4-12/h5-7,11-12,17-18H,1-4,8-9H2. The van der Waals surface area contributed by atoms with Gasteiger partial charge in [-0.25, -0.2) is 4.39 Å². The van der Waals surface area contributed by atoms with Crippen molar-refractivity contribution in [1.29, 1.82) is 0 Å². The number of hydrogen-bond donors (Lipinski definition) is 2. The molecule has 2 N–H and O–H groups in total. The van der Waals surface area contributed by atoms with E-state index in [1.807, 2.05) is 0 Å². The molecule has 0 aliphatic heterocycles. The van der Waals surface area contributed by atoms with Crippen LogP contribution in [0.5, 0.6) is 5.75 Å². The van der Waals surface area contributed by atoms with Crippen molar-refractivity contribution >= 4 is 17.3 Å². The van der Waals surface area contributed by atoms with E-state index < -0.39 is 6.10 Å². The highest BCUT2D eigenvalue weighted by Crippen LogP contribution is 2.30. The van der Waals surface area contributed by atoms with Gasteiger partial charge in [-0.1, -0.05) is 0 Å². The summed E-state index contributed by atoms with van der Waals surface area (Å²) in [5.74, 6) is 0.443. The summed E-state index contributed by atoms with van der Waals surface area (Å²) in [5, 5.41) is 12.4. The highest BCUT2D eigenvalue weighted by Gasteiger charge is 2.18. The fourth-order valence-corrected chi connectivity index (χ4v) is 2.32. The molecule has 1 aliphatic carbocycles. The van der Waals surface area contributed by atoms with Crippen LogP contribution in [0.2, 0.25) is 0 Å². The van der Waals surface area contributed by atoms with Crippen LogP contribution in [0, 0.1) is 5.82 Å². The van der Waals surface area contributed by atoms with Gasteiger partial charge in [-0.2, -0.15) is 0 Å². The van der Waals surface area contributed by atoms with Crippen molar-refractivity contribution in [3.8, 4) is 5.75 Å². The number of alkyl halides is 1. The number of nitrogens with one attached hydrogen (secondary N) is 1.